The third-order valence-corrected chi connectivity index (χ3v) is 2.62. The van der Waals surface area contributed by atoms with E-state index < -0.39 is 0 Å². The Morgan fingerprint density at radius 2 is 1.59 bits per heavy atom. The lowest BCUT2D eigenvalue weighted by atomic mass is 10.2. The van der Waals surface area contributed by atoms with Gasteiger partial charge >= 0.3 is 0 Å². The SMILES string of the molecule is Cc1ccccc1N(N)C=Cc1ccccc1. The Labute approximate surface area is 102 Å². The number of para-hydroxylation sites is 1. The van der Waals surface area contributed by atoms with Crippen molar-refractivity contribution >= 4 is 11.8 Å². The van der Waals surface area contributed by atoms with Gasteiger partial charge in [0.15, 0.2) is 0 Å². The van der Waals surface area contributed by atoms with Crippen LogP contribution >= 0.6 is 0 Å². The van der Waals surface area contributed by atoms with Gasteiger partial charge in [-0.05, 0) is 30.2 Å². The Morgan fingerprint density at radius 3 is 2.29 bits per heavy atom. The number of nitrogens with zero attached hydrogens (tertiary/aromatic N) is 1. The second kappa shape index (κ2) is 5.32. The lowest BCUT2D eigenvalue weighted by Crippen LogP contribution is -2.24. The Hall–Kier alpha value is -2.06. The molecule has 2 heteroatoms. The van der Waals surface area contributed by atoms with Crippen LogP contribution in [0, 0.1) is 6.92 Å². The number of nitrogens with two attached hydrogens (primary N) is 1. The first-order chi connectivity index (χ1) is 8.27. The summed E-state index contributed by atoms with van der Waals surface area (Å²) in [7, 11) is 0. The molecule has 0 amide bonds. The fourth-order valence-electron chi connectivity index (χ4n) is 1.66. The van der Waals surface area contributed by atoms with E-state index in [9.17, 15) is 0 Å². The number of benzene rings is 2. The molecule has 2 aromatic carbocycles. The van der Waals surface area contributed by atoms with Crippen molar-refractivity contribution in [1.82, 2.24) is 0 Å². The van der Waals surface area contributed by atoms with E-state index >= 15 is 0 Å². The van der Waals surface area contributed by atoms with E-state index in [0.29, 0.717) is 0 Å². The maximum absolute atomic E-state index is 5.99. The van der Waals surface area contributed by atoms with Gasteiger partial charge in [0.1, 0.15) is 0 Å². The zero-order valence-electron chi connectivity index (χ0n) is 9.88. The first kappa shape index (κ1) is 11.4. The van der Waals surface area contributed by atoms with Gasteiger partial charge in [-0.15, -0.1) is 0 Å². The highest BCUT2D eigenvalue weighted by atomic mass is 15.4. The molecule has 0 heterocycles. The normalized spacial score (nSPS) is 10.7. The first-order valence-electron chi connectivity index (χ1n) is 5.60. The molecule has 0 radical (unpaired) electrons. The Balaban J connectivity index is 2.15. The quantitative estimate of drug-likeness (QED) is 0.640. The average molecular weight is 224 g/mol. The molecule has 0 bridgehead atoms. The monoisotopic (exact) mass is 224 g/mol. The Bertz CT molecular complexity index is 503. The Morgan fingerprint density at radius 1 is 0.941 bits per heavy atom. The summed E-state index contributed by atoms with van der Waals surface area (Å²) in [5, 5.41) is 1.64. The van der Waals surface area contributed by atoms with E-state index in [1.807, 2.05) is 73.8 Å². The van der Waals surface area contributed by atoms with Gasteiger partial charge in [-0.25, -0.2) is 5.84 Å². The molecular formula is C15H16N2. The van der Waals surface area contributed by atoms with E-state index in [2.05, 4.69) is 0 Å². The highest BCUT2D eigenvalue weighted by Gasteiger charge is 1.99. The topological polar surface area (TPSA) is 29.3 Å². The molecule has 0 aliphatic heterocycles. The van der Waals surface area contributed by atoms with Crippen molar-refractivity contribution in [2.75, 3.05) is 5.01 Å². The maximum Gasteiger partial charge on any atom is 0.0597 e. The molecule has 0 spiro atoms. The molecule has 0 aliphatic rings. The van der Waals surface area contributed by atoms with Gasteiger partial charge in [0.2, 0.25) is 0 Å². The maximum atomic E-state index is 5.99. The van der Waals surface area contributed by atoms with E-state index in [-0.39, 0.29) is 0 Å². The summed E-state index contributed by atoms with van der Waals surface area (Å²) < 4.78 is 0. The molecule has 2 rings (SSSR count). The van der Waals surface area contributed by atoms with Crippen LogP contribution < -0.4 is 10.9 Å². The summed E-state index contributed by atoms with van der Waals surface area (Å²) in [4.78, 5) is 0. The van der Waals surface area contributed by atoms with Gasteiger partial charge in [0, 0.05) is 6.20 Å². The largest absolute Gasteiger partial charge is 0.287 e. The van der Waals surface area contributed by atoms with Crippen molar-refractivity contribution in [2.24, 2.45) is 5.84 Å². The van der Waals surface area contributed by atoms with Crippen molar-refractivity contribution in [3.8, 4) is 0 Å². The van der Waals surface area contributed by atoms with Crippen LogP contribution in [-0.4, -0.2) is 0 Å². The van der Waals surface area contributed by atoms with Gasteiger partial charge in [-0.2, -0.15) is 0 Å². The highest BCUT2D eigenvalue weighted by molar-refractivity contribution is 5.59. The van der Waals surface area contributed by atoms with Gasteiger partial charge in [0.05, 0.1) is 5.69 Å². The number of hydrogen-bond acceptors (Lipinski definition) is 2. The zero-order valence-corrected chi connectivity index (χ0v) is 9.88. The molecule has 0 saturated carbocycles. The molecule has 2 aromatic rings. The third kappa shape index (κ3) is 2.95. The molecule has 2 nitrogen and oxygen atoms in total. The van der Waals surface area contributed by atoms with Crippen LogP contribution in [0.2, 0.25) is 0 Å². The van der Waals surface area contributed by atoms with Gasteiger partial charge < -0.3 is 0 Å². The number of aryl methyl sites for hydroxylation is 1. The summed E-state index contributed by atoms with van der Waals surface area (Å²) >= 11 is 0. The van der Waals surface area contributed by atoms with Crippen LogP contribution in [0.3, 0.4) is 0 Å². The van der Waals surface area contributed by atoms with Crippen molar-refractivity contribution in [1.29, 1.82) is 0 Å². The van der Waals surface area contributed by atoms with Crippen LogP contribution in [-0.2, 0) is 0 Å². The predicted octanol–water partition coefficient (Wildman–Crippen LogP) is 3.35. The molecule has 0 atom stereocenters. The lowest BCUT2D eigenvalue weighted by Gasteiger charge is -2.15. The van der Waals surface area contributed by atoms with Crippen molar-refractivity contribution in [2.45, 2.75) is 6.92 Å². The molecule has 0 fully saturated rings. The average Bonchev–Trinajstić information content (AvgIpc) is 2.38. The van der Waals surface area contributed by atoms with Crippen LogP contribution in [0.4, 0.5) is 5.69 Å². The molecule has 86 valence electrons. The molecule has 2 N–H and O–H groups in total. The van der Waals surface area contributed by atoms with Crippen molar-refractivity contribution in [3.63, 3.8) is 0 Å². The van der Waals surface area contributed by atoms with E-state index in [0.717, 1.165) is 16.8 Å². The minimum Gasteiger partial charge on any atom is -0.287 e. The summed E-state index contributed by atoms with van der Waals surface area (Å²) in [6.45, 7) is 2.05. The molecular weight excluding hydrogens is 208 g/mol. The molecule has 0 unspecified atom stereocenters. The first-order valence-corrected chi connectivity index (χ1v) is 5.60. The number of anilines is 1. The van der Waals surface area contributed by atoms with E-state index in [1.54, 1.807) is 5.01 Å². The van der Waals surface area contributed by atoms with Crippen LogP contribution in [0.15, 0.2) is 60.8 Å². The van der Waals surface area contributed by atoms with Crippen LogP contribution in [0.5, 0.6) is 0 Å². The zero-order chi connectivity index (χ0) is 12.1. The highest BCUT2D eigenvalue weighted by Crippen LogP contribution is 2.17. The molecule has 0 saturated heterocycles. The minimum absolute atomic E-state index is 1.01. The van der Waals surface area contributed by atoms with Crippen molar-refractivity contribution < 1.29 is 0 Å². The molecule has 17 heavy (non-hydrogen) atoms. The smallest absolute Gasteiger partial charge is 0.0597 e. The standard InChI is InChI=1S/C15H16N2/c1-13-7-5-6-10-15(13)17(16)12-11-14-8-3-2-4-9-14/h2-12H,16H2,1H3. The molecule has 0 aliphatic carbocycles. The van der Waals surface area contributed by atoms with Crippen LogP contribution in [0.1, 0.15) is 11.1 Å². The number of rotatable bonds is 3. The van der Waals surface area contributed by atoms with Crippen molar-refractivity contribution in [3.05, 3.63) is 71.9 Å². The van der Waals surface area contributed by atoms with Gasteiger partial charge in [0.25, 0.3) is 0 Å². The Kier molecular flexibility index (Phi) is 3.58. The van der Waals surface area contributed by atoms with E-state index in [1.165, 1.54) is 0 Å². The predicted molar refractivity (Wildman–Crippen MR) is 73.3 cm³/mol. The summed E-state index contributed by atoms with van der Waals surface area (Å²) in [6.07, 6.45) is 3.87. The van der Waals surface area contributed by atoms with Gasteiger partial charge in [-0.1, -0.05) is 48.5 Å². The second-order valence-electron chi connectivity index (χ2n) is 3.92. The van der Waals surface area contributed by atoms with E-state index in [4.69, 9.17) is 5.84 Å². The second-order valence-corrected chi connectivity index (χ2v) is 3.92. The van der Waals surface area contributed by atoms with Gasteiger partial charge in [-0.3, -0.25) is 5.01 Å². The summed E-state index contributed by atoms with van der Waals surface area (Å²) in [5.74, 6) is 5.99. The third-order valence-electron chi connectivity index (χ3n) is 2.62. The number of hydrogen-bond donors (Lipinski definition) is 1. The summed E-state index contributed by atoms with van der Waals surface area (Å²) in [6, 6.07) is 18.1. The lowest BCUT2D eigenvalue weighted by molar-refractivity contribution is 1.07. The minimum atomic E-state index is 1.01. The number of hydrazine groups is 1. The fourth-order valence-corrected chi connectivity index (χ4v) is 1.66. The summed E-state index contributed by atoms with van der Waals surface area (Å²) in [5.41, 5.74) is 3.31. The van der Waals surface area contributed by atoms with Crippen LogP contribution in [0.25, 0.3) is 6.08 Å². The molecule has 0 aromatic heterocycles. The fraction of sp³-hybridized carbons (Fsp3) is 0.0667.